The second-order valence-corrected chi connectivity index (χ2v) is 10.7. The van der Waals surface area contributed by atoms with Crippen molar-refractivity contribution in [3.8, 4) is 11.1 Å². The van der Waals surface area contributed by atoms with Crippen LogP contribution >= 0.6 is 11.8 Å². The van der Waals surface area contributed by atoms with Crippen molar-refractivity contribution in [3.05, 3.63) is 59.9 Å². The largest absolute Gasteiger partial charge is 0.417 e. The monoisotopic (exact) mass is 564 g/mol. The molecule has 1 amide bonds. The van der Waals surface area contributed by atoms with Crippen molar-refractivity contribution in [1.82, 2.24) is 9.80 Å². The first kappa shape index (κ1) is 27.5. The summed E-state index contributed by atoms with van der Waals surface area (Å²) in [5.41, 5.74) is -0.179. The van der Waals surface area contributed by atoms with Gasteiger partial charge in [-0.1, -0.05) is 18.7 Å². The summed E-state index contributed by atoms with van der Waals surface area (Å²) in [5, 5.41) is 12.4. The van der Waals surface area contributed by atoms with Crippen molar-refractivity contribution in [2.75, 3.05) is 51.1 Å². The number of methoxy groups -OCH3 is 1. The summed E-state index contributed by atoms with van der Waals surface area (Å²) in [6.45, 7) is 4.90. The van der Waals surface area contributed by atoms with Crippen LogP contribution in [-0.2, 0) is 20.4 Å². The Morgan fingerprint density at radius 1 is 1.26 bits per heavy atom. The zero-order chi connectivity index (χ0) is 27.9. The minimum Gasteiger partial charge on any atom is -0.383 e. The number of amidine groups is 1. The molecular weight excluding hydrogens is 536 g/mol. The van der Waals surface area contributed by atoms with E-state index in [4.69, 9.17) is 14.9 Å². The Morgan fingerprint density at radius 2 is 1.92 bits per heavy atom. The molecule has 7 nitrogen and oxygen atoms in total. The van der Waals surface area contributed by atoms with Crippen LogP contribution in [0.1, 0.15) is 11.1 Å². The summed E-state index contributed by atoms with van der Waals surface area (Å²) in [4.78, 5) is 16.2. The minimum atomic E-state index is -4.73. The average molecular weight is 565 g/mol. The van der Waals surface area contributed by atoms with Crippen molar-refractivity contribution in [2.45, 2.75) is 29.2 Å². The zero-order valence-corrected chi connectivity index (χ0v) is 22.0. The predicted octanol–water partition coefficient (Wildman–Crippen LogP) is 4.47. The Kier molecular flexibility index (Phi) is 7.62. The van der Waals surface area contributed by atoms with Gasteiger partial charge in [-0.05, 0) is 29.8 Å². The number of rotatable bonds is 5. The first-order valence-electron chi connectivity index (χ1n) is 12.4. The second kappa shape index (κ2) is 10.8. The lowest BCUT2D eigenvalue weighted by atomic mass is 9.93. The molecule has 12 heteroatoms. The molecule has 3 aliphatic rings. The van der Waals surface area contributed by atoms with Crippen LogP contribution in [0.15, 0.2) is 47.9 Å². The van der Waals surface area contributed by atoms with E-state index < -0.39 is 17.6 Å². The number of nitrogens with one attached hydrogen (secondary N) is 2. The molecule has 2 aromatic carbocycles. The zero-order valence-electron chi connectivity index (χ0n) is 21.2. The normalized spacial score (nSPS) is 22.6. The van der Waals surface area contributed by atoms with Crippen molar-refractivity contribution in [1.29, 1.82) is 5.41 Å². The number of ether oxygens (including phenoxy) is 2. The number of benzene rings is 2. The number of hydrogen-bond acceptors (Lipinski definition) is 6. The third kappa shape index (κ3) is 5.24. The molecular formula is C27H28F4N4O3S. The van der Waals surface area contributed by atoms with Crippen LogP contribution in [0.3, 0.4) is 0 Å². The number of hydrogen-bond donors (Lipinski definition) is 2. The number of anilines is 1. The number of piperazine rings is 1. The summed E-state index contributed by atoms with van der Waals surface area (Å²) in [6.07, 6.45) is -3.49. The second-order valence-electron chi connectivity index (χ2n) is 9.71. The first-order valence-corrected chi connectivity index (χ1v) is 13.4. The minimum absolute atomic E-state index is 0.0471. The maximum absolute atomic E-state index is 14.6. The fourth-order valence-corrected chi connectivity index (χ4v) is 6.69. The van der Waals surface area contributed by atoms with Crippen LogP contribution in [0.4, 0.5) is 23.2 Å². The lowest BCUT2D eigenvalue weighted by Gasteiger charge is -2.50. The highest BCUT2D eigenvalue weighted by molar-refractivity contribution is 7.99. The van der Waals surface area contributed by atoms with Crippen LogP contribution in [0.2, 0.25) is 0 Å². The molecule has 2 N–H and O–H groups in total. The highest BCUT2D eigenvalue weighted by Gasteiger charge is 2.43. The van der Waals surface area contributed by atoms with Gasteiger partial charge in [-0.15, -0.1) is 11.8 Å². The third-order valence-electron chi connectivity index (χ3n) is 7.13. The highest BCUT2D eigenvalue weighted by Crippen LogP contribution is 2.49. The number of carbonyl (C=O) groups excluding carboxylic acids is 1. The molecule has 0 saturated carbocycles. The van der Waals surface area contributed by atoms with Crippen molar-refractivity contribution in [3.63, 3.8) is 0 Å². The summed E-state index contributed by atoms with van der Waals surface area (Å²) < 4.78 is 68.3. The molecule has 2 aromatic rings. The van der Waals surface area contributed by atoms with Gasteiger partial charge in [0.2, 0.25) is 5.91 Å². The molecule has 3 heterocycles. The van der Waals surface area contributed by atoms with Crippen LogP contribution < -0.4 is 5.32 Å². The summed E-state index contributed by atoms with van der Waals surface area (Å²) in [7, 11) is 1.55. The van der Waals surface area contributed by atoms with Crippen molar-refractivity contribution in [2.24, 2.45) is 0 Å². The first-order chi connectivity index (χ1) is 18.6. The van der Waals surface area contributed by atoms with E-state index in [0.29, 0.717) is 22.9 Å². The maximum Gasteiger partial charge on any atom is 0.417 e. The Labute approximate surface area is 227 Å². The molecule has 0 aliphatic carbocycles. The molecule has 2 unspecified atom stereocenters. The summed E-state index contributed by atoms with van der Waals surface area (Å²) in [6, 6.07) is 5.05. The molecule has 39 heavy (non-hydrogen) atoms. The van der Waals surface area contributed by atoms with Gasteiger partial charge < -0.3 is 24.6 Å². The maximum atomic E-state index is 14.6. The van der Waals surface area contributed by atoms with Crippen molar-refractivity contribution >= 4 is 29.2 Å². The van der Waals surface area contributed by atoms with Crippen LogP contribution in [-0.4, -0.2) is 85.4 Å². The molecule has 208 valence electrons. The SMILES string of the molecule is C=CC(=O)N1C2COCC1CN(C(=N)c1cc(C(F)(F)F)c(-c3ccc(F)cc3)c3c1N[C@@H](COC)CS3)C2. The lowest BCUT2D eigenvalue weighted by Crippen LogP contribution is -2.66. The molecule has 2 saturated heterocycles. The number of halogens is 4. The predicted molar refractivity (Wildman–Crippen MR) is 141 cm³/mol. The van der Waals surface area contributed by atoms with Gasteiger partial charge in [0.05, 0.1) is 49.2 Å². The van der Waals surface area contributed by atoms with E-state index in [9.17, 15) is 22.4 Å². The van der Waals surface area contributed by atoms with Crippen LogP contribution in [0, 0.1) is 11.2 Å². The smallest absolute Gasteiger partial charge is 0.383 e. The van der Waals surface area contributed by atoms with Crippen molar-refractivity contribution < 1.29 is 31.8 Å². The Hall–Kier alpha value is -3.09. The summed E-state index contributed by atoms with van der Waals surface area (Å²) in [5.74, 6) is -0.405. The molecule has 2 bridgehead atoms. The average Bonchev–Trinajstić information content (AvgIpc) is 2.90. The van der Waals surface area contributed by atoms with E-state index in [1.165, 1.54) is 30.0 Å². The molecule has 3 aliphatic heterocycles. The van der Waals surface area contributed by atoms with Crippen LogP contribution in [0.5, 0.6) is 0 Å². The molecule has 0 aromatic heterocycles. The molecule has 0 spiro atoms. The van der Waals surface area contributed by atoms with E-state index in [2.05, 4.69) is 11.9 Å². The quantitative estimate of drug-likeness (QED) is 0.242. The van der Waals surface area contributed by atoms with Gasteiger partial charge in [0.1, 0.15) is 11.7 Å². The number of alkyl halides is 3. The number of morpholine rings is 1. The van der Waals surface area contributed by atoms with Gasteiger partial charge in [0.25, 0.3) is 0 Å². The Morgan fingerprint density at radius 3 is 2.51 bits per heavy atom. The Bertz CT molecular complexity index is 1270. The number of thioether (sulfide) groups is 1. The highest BCUT2D eigenvalue weighted by atomic mass is 32.2. The van der Waals surface area contributed by atoms with E-state index in [1.54, 1.807) is 16.9 Å². The van der Waals surface area contributed by atoms with Gasteiger partial charge in [0, 0.05) is 42.0 Å². The topological polar surface area (TPSA) is 77.9 Å². The van der Waals surface area contributed by atoms with E-state index in [-0.39, 0.29) is 72.9 Å². The van der Waals surface area contributed by atoms with Gasteiger partial charge >= 0.3 is 6.18 Å². The van der Waals surface area contributed by atoms with Gasteiger partial charge in [-0.25, -0.2) is 4.39 Å². The summed E-state index contributed by atoms with van der Waals surface area (Å²) >= 11 is 1.26. The third-order valence-corrected chi connectivity index (χ3v) is 8.40. The van der Waals surface area contributed by atoms with E-state index in [0.717, 1.165) is 18.2 Å². The molecule has 2 fully saturated rings. The fourth-order valence-electron chi connectivity index (χ4n) is 5.46. The number of amides is 1. The van der Waals surface area contributed by atoms with Gasteiger partial charge in [-0.3, -0.25) is 10.2 Å². The number of carbonyl (C=O) groups is 1. The number of nitrogens with zero attached hydrogens (tertiary/aromatic N) is 2. The lowest BCUT2D eigenvalue weighted by molar-refractivity contribution is -0.147. The number of fused-ring (bicyclic) bond motifs is 3. The Balaban J connectivity index is 1.61. The molecule has 3 atom stereocenters. The van der Waals surface area contributed by atoms with Crippen LogP contribution in [0.25, 0.3) is 11.1 Å². The fraction of sp³-hybridized carbons (Fsp3) is 0.407. The molecule has 5 rings (SSSR count). The van der Waals surface area contributed by atoms with E-state index in [1.807, 2.05) is 0 Å². The van der Waals surface area contributed by atoms with E-state index >= 15 is 0 Å². The standard InChI is InChI=1S/C27H28F4N4O3S/c1-3-22(36)35-18-9-34(10-19(35)13-38-12-18)26(32)20-8-21(27(29,30)31)23(15-4-6-16(28)7-5-15)25-24(20)33-17(11-37-2)14-39-25/h3-8,17-19,32-33H,1,9-14H2,2H3/t17-,18?,19?/m0/s1. The van der Waals surface area contributed by atoms with Gasteiger partial charge in [-0.2, -0.15) is 13.2 Å². The molecule has 0 radical (unpaired) electrons. The van der Waals surface area contributed by atoms with Gasteiger partial charge in [0.15, 0.2) is 0 Å².